The maximum absolute atomic E-state index is 12.6. The second-order valence-electron chi connectivity index (χ2n) is 6.98. The Labute approximate surface area is 146 Å². The van der Waals surface area contributed by atoms with Crippen molar-refractivity contribution in [3.8, 4) is 0 Å². The zero-order valence-electron chi connectivity index (χ0n) is 14.3. The number of benzene rings is 1. The Morgan fingerprint density at radius 3 is 2.84 bits per heavy atom. The van der Waals surface area contributed by atoms with Crippen LogP contribution in [0.15, 0.2) is 36.7 Å². The van der Waals surface area contributed by atoms with Crippen LogP contribution in [0, 0.1) is 12.8 Å². The molecule has 0 aliphatic carbocycles. The van der Waals surface area contributed by atoms with Crippen LogP contribution in [0.5, 0.6) is 0 Å². The summed E-state index contributed by atoms with van der Waals surface area (Å²) in [6.07, 6.45) is 5.80. The van der Waals surface area contributed by atoms with Crippen molar-refractivity contribution in [3.63, 3.8) is 0 Å². The standard InChI is InChI=1S/C19H22N4O2/c1-13-2-5-16(6-3-13)23-11-14(10-18(23)24)19(25)21-15-4-7-17-20-8-9-22(17)12-15/h2-3,5-6,8-9,14-15H,4,7,10-12H2,1H3,(H,21,25)/t14-,15-/m1/s1. The summed E-state index contributed by atoms with van der Waals surface area (Å²) in [5, 5.41) is 3.13. The van der Waals surface area contributed by atoms with Crippen molar-refractivity contribution < 1.29 is 9.59 Å². The topological polar surface area (TPSA) is 67.2 Å². The first-order chi connectivity index (χ1) is 12.1. The Morgan fingerprint density at radius 2 is 2.04 bits per heavy atom. The van der Waals surface area contributed by atoms with Crippen molar-refractivity contribution >= 4 is 17.5 Å². The Balaban J connectivity index is 1.38. The number of nitrogens with one attached hydrogen (secondary N) is 1. The van der Waals surface area contributed by atoms with E-state index in [1.807, 2.05) is 37.4 Å². The van der Waals surface area contributed by atoms with Gasteiger partial charge in [-0.1, -0.05) is 17.7 Å². The van der Waals surface area contributed by atoms with Crippen molar-refractivity contribution in [2.45, 2.75) is 38.8 Å². The molecule has 1 N–H and O–H groups in total. The number of amides is 2. The molecule has 1 fully saturated rings. The molecule has 2 aliphatic rings. The van der Waals surface area contributed by atoms with E-state index in [-0.39, 0.29) is 30.2 Å². The molecule has 0 radical (unpaired) electrons. The van der Waals surface area contributed by atoms with E-state index in [2.05, 4.69) is 14.9 Å². The quantitative estimate of drug-likeness (QED) is 0.926. The largest absolute Gasteiger partial charge is 0.351 e. The monoisotopic (exact) mass is 338 g/mol. The van der Waals surface area contributed by atoms with Gasteiger partial charge in [0.15, 0.2) is 0 Å². The van der Waals surface area contributed by atoms with Gasteiger partial charge in [0.05, 0.1) is 5.92 Å². The summed E-state index contributed by atoms with van der Waals surface area (Å²) in [5.41, 5.74) is 2.02. The lowest BCUT2D eigenvalue weighted by atomic mass is 10.0. The highest BCUT2D eigenvalue weighted by atomic mass is 16.2. The highest BCUT2D eigenvalue weighted by Crippen LogP contribution is 2.26. The second kappa shape index (κ2) is 6.35. The first kappa shape index (κ1) is 15.9. The smallest absolute Gasteiger partial charge is 0.227 e. The van der Waals surface area contributed by atoms with Crippen LogP contribution in [-0.4, -0.2) is 34.0 Å². The third-order valence-corrected chi connectivity index (χ3v) is 5.12. The van der Waals surface area contributed by atoms with Gasteiger partial charge in [0.25, 0.3) is 0 Å². The molecule has 0 saturated carbocycles. The van der Waals surface area contributed by atoms with Crippen LogP contribution in [-0.2, 0) is 22.6 Å². The van der Waals surface area contributed by atoms with E-state index < -0.39 is 0 Å². The van der Waals surface area contributed by atoms with Crippen LogP contribution in [0.2, 0.25) is 0 Å². The molecule has 1 saturated heterocycles. The molecule has 6 nitrogen and oxygen atoms in total. The molecule has 2 aliphatic heterocycles. The number of anilines is 1. The highest BCUT2D eigenvalue weighted by molar-refractivity contribution is 6.00. The number of carbonyl (C=O) groups excluding carboxylic acids is 2. The first-order valence-electron chi connectivity index (χ1n) is 8.77. The maximum Gasteiger partial charge on any atom is 0.227 e. The van der Waals surface area contributed by atoms with Gasteiger partial charge >= 0.3 is 0 Å². The number of nitrogens with zero attached hydrogens (tertiary/aromatic N) is 3. The summed E-state index contributed by atoms with van der Waals surface area (Å²) < 4.78 is 2.09. The normalized spacial score (nSPS) is 22.8. The molecule has 6 heteroatoms. The van der Waals surface area contributed by atoms with Gasteiger partial charge in [0.2, 0.25) is 11.8 Å². The fourth-order valence-corrected chi connectivity index (χ4v) is 3.66. The van der Waals surface area contributed by atoms with Crippen LogP contribution < -0.4 is 10.2 Å². The molecule has 0 unspecified atom stereocenters. The summed E-state index contributed by atoms with van der Waals surface area (Å²) in [7, 11) is 0. The summed E-state index contributed by atoms with van der Waals surface area (Å²) in [6.45, 7) is 3.22. The van der Waals surface area contributed by atoms with E-state index >= 15 is 0 Å². The van der Waals surface area contributed by atoms with Crippen molar-refractivity contribution in [1.82, 2.24) is 14.9 Å². The Kier molecular flexibility index (Phi) is 4.03. The molecule has 25 heavy (non-hydrogen) atoms. The van der Waals surface area contributed by atoms with Gasteiger partial charge in [0, 0.05) is 50.1 Å². The zero-order chi connectivity index (χ0) is 17.4. The molecule has 1 aromatic carbocycles. The zero-order valence-corrected chi connectivity index (χ0v) is 14.3. The van der Waals surface area contributed by atoms with E-state index in [9.17, 15) is 9.59 Å². The van der Waals surface area contributed by atoms with Crippen LogP contribution in [0.25, 0.3) is 0 Å². The van der Waals surface area contributed by atoms with Gasteiger partial charge in [-0.15, -0.1) is 0 Å². The number of hydrogen-bond donors (Lipinski definition) is 1. The van der Waals surface area contributed by atoms with Crippen molar-refractivity contribution in [3.05, 3.63) is 48.0 Å². The molecule has 2 atom stereocenters. The van der Waals surface area contributed by atoms with Crippen molar-refractivity contribution in [1.29, 1.82) is 0 Å². The molecule has 3 heterocycles. The third kappa shape index (κ3) is 3.16. The number of carbonyl (C=O) groups is 2. The number of imidazole rings is 1. The SMILES string of the molecule is Cc1ccc(N2C[C@H](C(=O)N[C@@H]3CCc4nccn4C3)CC2=O)cc1. The van der Waals surface area contributed by atoms with Crippen LogP contribution >= 0.6 is 0 Å². The third-order valence-electron chi connectivity index (χ3n) is 5.12. The Morgan fingerprint density at radius 1 is 1.24 bits per heavy atom. The molecule has 4 rings (SSSR count). The molecule has 130 valence electrons. The van der Waals surface area contributed by atoms with Gasteiger partial charge < -0.3 is 14.8 Å². The minimum atomic E-state index is -0.280. The lowest BCUT2D eigenvalue weighted by molar-refractivity contribution is -0.127. The molecule has 2 amide bonds. The first-order valence-corrected chi connectivity index (χ1v) is 8.77. The molecule has 0 spiro atoms. The van der Waals surface area contributed by atoms with Crippen molar-refractivity contribution in [2.24, 2.45) is 5.92 Å². The Bertz CT molecular complexity index is 796. The van der Waals surface area contributed by atoms with E-state index in [0.717, 1.165) is 36.5 Å². The molecule has 1 aromatic heterocycles. The van der Waals surface area contributed by atoms with E-state index in [1.54, 1.807) is 11.1 Å². The predicted octanol–water partition coefficient (Wildman–Crippen LogP) is 1.68. The van der Waals surface area contributed by atoms with Gasteiger partial charge in [-0.05, 0) is 25.5 Å². The number of fused-ring (bicyclic) bond motifs is 1. The number of hydrogen-bond acceptors (Lipinski definition) is 3. The maximum atomic E-state index is 12.6. The summed E-state index contributed by atoms with van der Waals surface area (Å²) >= 11 is 0. The highest BCUT2D eigenvalue weighted by Gasteiger charge is 2.36. The number of rotatable bonds is 3. The van der Waals surface area contributed by atoms with E-state index in [4.69, 9.17) is 0 Å². The van der Waals surface area contributed by atoms with Crippen molar-refractivity contribution in [2.75, 3.05) is 11.4 Å². The minimum Gasteiger partial charge on any atom is -0.351 e. The van der Waals surface area contributed by atoms with Crippen LogP contribution in [0.3, 0.4) is 0 Å². The second-order valence-corrected chi connectivity index (χ2v) is 6.98. The van der Waals surface area contributed by atoms with Gasteiger partial charge in [-0.25, -0.2) is 4.98 Å². The lowest BCUT2D eigenvalue weighted by Crippen LogP contribution is -2.44. The van der Waals surface area contributed by atoms with Gasteiger partial charge in [-0.3, -0.25) is 9.59 Å². The number of aromatic nitrogens is 2. The summed E-state index contributed by atoms with van der Waals surface area (Å²) in [5.74, 6) is 0.797. The average Bonchev–Trinajstić information content (AvgIpc) is 3.22. The minimum absolute atomic E-state index is 0.0171. The number of aryl methyl sites for hydroxylation is 2. The van der Waals surface area contributed by atoms with E-state index in [0.29, 0.717) is 6.54 Å². The van der Waals surface area contributed by atoms with Gasteiger partial charge in [-0.2, -0.15) is 0 Å². The molecular formula is C19H22N4O2. The lowest BCUT2D eigenvalue weighted by Gasteiger charge is -2.26. The molecular weight excluding hydrogens is 316 g/mol. The fraction of sp³-hybridized carbons (Fsp3) is 0.421. The molecule has 2 aromatic rings. The van der Waals surface area contributed by atoms with Crippen LogP contribution in [0.4, 0.5) is 5.69 Å². The average molecular weight is 338 g/mol. The fourth-order valence-electron chi connectivity index (χ4n) is 3.66. The van der Waals surface area contributed by atoms with E-state index in [1.165, 1.54) is 0 Å². The van der Waals surface area contributed by atoms with Gasteiger partial charge in [0.1, 0.15) is 5.82 Å². The predicted molar refractivity (Wildman–Crippen MR) is 94.1 cm³/mol. The summed E-state index contributed by atoms with van der Waals surface area (Å²) in [6, 6.07) is 7.96. The Hall–Kier alpha value is -2.63. The molecule has 0 bridgehead atoms. The summed E-state index contributed by atoms with van der Waals surface area (Å²) in [4.78, 5) is 31.0. The van der Waals surface area contributed by atoms with Crippen LogP contribution in [0.1, 0.15) is 24.2 Å².